The largest absolute Gasteiger partial charge is 0.436 e. The molecule has 184 valence electrons. The number of carbonyl (C=O) groups is 2. The zero-order chi connectivity index (χ0) is 25.3. The lowest BCUT2D eigenvalue weighted by atomic mass is 10.1. The van der Waals surface area contributed by atoms with Crippen LogP contribution in [-0.2, 0) is 0 Å². The first-order chi connectivity index (χ1) is 17.6. The van der Waals surface area contributed by atoms with Crippen molar-refractivity contribution in [1.82, 2.24) is 15.2 Å². The van der Waals surface area contributed by atoms with E-state index in [4.69, 9.17) is 4.42 Å². The van der Waals surface area contributed by atoms with Crippen LogP contribution >= 0.6 is 0 Å². The third-order valence-electron chi connectivity index (χ3n) is 5.52. The van der Waals surface area contributed by atoms with Crippen molar-refractivity contribution < 1.29 is 18.4 Å². The zero-order valence-corrected chi connectivity index (χ0v) is 19.8. The fourth-order valence-corrected chi connectivity index (χ4v) is 3.64. The number of likely N-dealkylation sites (N-methyl/N-ethyl adjacent to an activating group) is 1. The molecule has 4 aromatic rings. The minimum Gasteiger partial charge on any atom is -0.436 e. The van der Waals surface area contributed by atoms with Gasteiger partial charge in [0.2, 0.25) is 5.89 Å². The fourth-order valence-electron chi connectivity index (χ4n) is 3.64. The average Bonchev–Trinajstić information content (AvgIpc) is 3.34. The second kappa shape index (κ2) is 11.9. The second-order valence-electron chi connectivity index (χ2n) is 7.99. The van der Waals surface area contributed by atoms with Crippen LogP contribution in [0.15, 0.2) is 76.1 Å². The van der Waals surface area contributed by atoms with E-state index in [2.05, 4.69) is 20.6 Å². The molecule has 36 heavy (non-hydrogen) atoms. The van der Waals surface area contributed by atoms with Gasteiger partial charge >= 0.3 is 0 Å². The number of anilines is 1. The van der Waals surface area contributed by atoms with E-state index in [1.54, 1.807) is 53.4 Å². The molecule has 0 unspecified atom stereocenters. The van der Waals surface area contributed by atoms with Gasteiger partial charge in [0.05, 0.1) is 12.9 Å². The number of carbonyl (C=O) groups excluding carboxylic acids is 2. The van der Waals surface area contributed by atoms with E-state index in [1.165, 1.54) is 18.5 Å². The Balaban J connectivity index is 1.44. The van der Waals surface area contributed by atoms with Gasteiger partial charge < -0.3 is 20.0 Å². The molecular formula is C27H26FN5O3. The Labute approximate surface area is 207 Å². The Morgan fingerprint density at radius 2 is 1.97 bits per heavy atom. The summed E-state index contributed by atoms with van der Waals surface area (Å²) in [5.74, 6) is -0.249. The normalized spacial score (nSPS) is 11.2. The number of rotatable bonds is 11. The number of halogens is 1. The molecule has 0 aliphatic carbocycles. The molecule has 8 nitrogen and oxygen atoms in total. The van der Waals surface area contributed by atoms with Gasteiger partial charge in [0.1, 0.15) is 11.3 Å². The van der Waals surface area contributed by atoms with Crippen molar-refractivity contribution in [2.24, 2.45) is 4.99 Å². The van der Waals surface area contributed by atoms with Gasteiger partial charge in [0.25, 0.3) is 5.91 Å². The van der Waals surface area contributed by atoms with E-state index in [1.807, 2.05) is 13.1 Å². The van der Waals surface area contributed by atoms with E-state index in [0.29, 0.717) is 65.5 Å². The summed E-state index contributed by atoms with van der Waals surface area (Å²) in [5, 5.41) is 6.06. The molecule has 9 heteroatoms. The number of nitrogens with zero attached hydrogens (tertiary/aromatic N) is 3. The monoisotopic (exact) mass is 487 g/mol. The summed E-state index contributed by atoms with van der Waals surface area (Å²) >= 11 is 0. The highest BCUT2D eigenvalue weighted by molar-refractivity contribution is 5.97. The van der Waals surface area contributed by atoms with Gasteiger partial charge in [-0.05, 0) is 55.6 Å². The fraction of sp³-hybridized carbons (Fsp3) is 0.185. The van der Waals surface area contributed by atoms with Gasteiger partial charge in [-0.25, -0.2) is 9.37 Å². The van der Waals surface area contributed by atoms with Crippen LogP contribution in [-0.4, -0.2) is 61.6 Å². The van der Waals surface area contributed by atoms with Crippen molar-refractivity contribution in [3.63, 3.8) is 0 Å². The number of oxazole rings is 1. The summed E-state index contributed by atoms with van der Waals surface area (Å²) in [6.07, 6.45) is 2.30. The van der Waals surface area contributed by atoms with Crippen molar-refractivity contribution in [1.29, 1.82) is 0 Å². The van der Waals surface area contributed by atoms with Crippen molar-refractivity contribution in [3.8, 4) is 11.5 Å². The number of fused-ring (bicyclic) bond motifs is 1. The van der Waals surface area contributed by atoms with Gasteiger partial charge in [-0.3, -0.25) is 14.6 Å². The van der Waals surface area contributed by atoms with Crippen molar-refractivity contribution in [3.05, 3.63) is 83.7 Å². The van der Waals surface area contributed by atoms with Crippen LogP contribution in [0.4, 0.5) is 10.1 Å². The van der Waals surface area contributed by atoms with Crippen LogP contribution in [0.5, 0.6) is 0 Å². The van der Waals surface area contributed by atoms with Crippen molar-refractivity contribution in [2.45, 2.75) is 0 Å². The van der Waals surface area contributed by atoms with E-state index < -0.39 is 0 Å². The lowest BCUT2D eigenvalue weighted by Crippen LogP contribution is -2.38. The van der Waals surface area contributed by atoms with Crippen molar-refractivity contribution in [2.75, 3.05) is 38.5 Å². The Hall–Kier alpha value is -4.37. The standard InChI is InChI=1S/C27H26FN5O3/c1-29-11-13-33(14-12-30-18-31-23-8-3-2-5-21(23)17-34)27(35)20-9-10-24-25(16-20)36-26(32-24)19-6-4-7-22(28)15-19/h2-10,15-18,29H,11-14H2,1H3,(H,30,31). The van der Waals surface area contributed by atoms with Crippen molar-refractivity contribution >= 4 is 35.3 Å². The highest BCUT2D eigenvalue weighted by Crippen LogP contribution is 2.26. The number of hydrogen-bond acceptors (Lipinski definition) is 6. The molecule has 3 aromatic carbocycles. The first kappa shape index (κ1) is 24.7. The molecule has 4 rings (SSSR count). The lowest BCUT2D eigenvalue weighted by molar-refractivity contribution is 0.0762. The molecule has 0 aliphatic rings. The van der Waals surface area contributed by atoms with Gasteiger partial charge in [0.15, 0.2) is 11.9 Å². The number of hydrogen-bond donors (Lipinski definition) is 2. The third-order valence-corrected chi connectivity index (χ3v) is 5.52. The number of benzene rings is 3. The number of aromatic nitrogens is 1. The number of aliphatic imine (C=N–C) groups is 1. The summed E-state index contributed by atoms with van der Waals surface area (Å²) in [6, 6.07) is 18.2. The van der Waals surface area contributed by atoms with Gasteiger partial charge in [-0.1, -0.05) is 18.2 Å². The van der Waals surface area contributed by atoms with Crippen LogP contribution in [0, 0.1) is 5.82 Å². The summed E-state index contributed by atoms with van der Waals surface area (Å²) in [4.78, 5) is 34.8. The molecule has 0 atom stereocenters. The highest BCUT2D eigenvalue weighted by atomic mass is 19.1. The van der Waals surface area contributed by atoms with Crippen LogP contribution < -0.4 is 10.6 Å². The molecule has 0 spiro atoms. The van der Waals surface area contributed by atoms with E-state index >= 15 is 0 Å². The first-order valence-electron chi connectivity index (χ1n) is 11.5. The zero-order valence-electron chi connectivity index (χ0n) is 19.8. The molecule has 0 bridgehead atoms. The second-order valence-corrected chi connectivity index (χ2v) is 7.99. The molecule has 0 aliphatic heterocycles. The smallest absolute Gasteiger partial charge is 0.254 e. The van der Waals surface area contributed by atoms with Gasteiger partial charge in [0, 0.05) is 42.0 Å². The summed E-state index contributed by atoms with van der Waals surface area (Å²) < 4.78 is 19.4. The minimum absolute atomic E-state index is 0.162. The number of amides is 1. The maximum atomic E-state index is 13.6. The molecule has 0 fully saturated rings. The summed E-state index contributed by atoms with van der Waals surface area (Å²) in [5.41, 5.74) is 3.22. The predicted molar refractivity (Wildman–Crippen MR) is 138 cm³/mol. The molecule has 0 saturated carbocycles. The lowest BCUT2D eigenvalue weighted by Gasteiger charge is -2.22. The minimum atomic E-state index is -0.378. The Bertz CT molecular complexity index is 1380. The molecule has 1 aromatic heterocycles. The SMILES string of the molecule is CNCCN(CCN=CNc1ccccc1C=O)C(=O)c1ccc2nc(-c3cccc(F)c3)oc2c1. The van der Waals surface area contributed by atoms with Crippen LogP contribution in [0.25, 0.3) is 22.6 Å². The Morgan fingerprint density at radius 3 is 2.78 bits per heavy atom. The Morgan fingerprint density at radius 1 is 1.11 bits per heavy atom. The molecule has 1 heterocycles. The van der Waals surface area contributed by atoms with E-state index in [0.717, 1.165) is 6.29 Å². The first-order valence-corrected chi connectivity index (χ1v) is 11.5. The average molecular weight is 488 g/mol. The highest BCUT2D eigenvalue weighted by Gasteiger charge is 2.17. The molecule has 0 saturated heterocycles. The molecule has 0 radical (unpaired) electrons. The maximum Gasteiger partial charge on any atom is 0.254 e. The topological polar surface area (TPSA) is 99.8 Å². The van der Waals surface area contributed by atoms with Crippen LogP contribution in [0.3, 0.4) is 0 Å². The number of aldehydes is 1. The van der Waals surface area contributed by atoms with Crippen LogP contribution in [0.2, 0.25) is 0 Å². The van der Waals surface area contributed by atoms with Crippen LogP contribution in [0.1, 0.15) is 20.7 Å². The summed E-state index contributed by atoms with van der Waals surface area (Å²) in [7, 11) is 1.82. The molecule has 1 amide bonds. The molecule has 2 N–H and O–H groups in total. The summed E-state index contributed by atoms with van der Waals surface area (Å²) in [6.45, 7) is 1.89. The third kappa shape index (κ3) is 6.00. The number of para-hydroxylation sites is 1. The predicted octanol–water partition coefficient (Wildman–Crippen LogP) is 4.25. The van der Waals surface area contributed by atoms with E-state index in [9.17, 15) is 14.0 Å². The maximum absolute atomic E-state index is 13.6. The van der Waals surface area contributed by atoms with E-state index in [-0.39, 0.29) is 11.7 Å². The van der Waals surface area contributed by atoms with Gasteiger partial charge in [-0.2, -0.15) is 0 Å². The Kier molecular flexibility index (Phi) is 8.15. The number of nitrogens with one attached hydrogen (secondary N) is 2. The molecular weight excluding hydrogens is 461 g/mol. The quantitative estimate of drug-likeness (QED) is 0.186. The van der Waals surface area contributed by atoms with Gasteiger partial charge in [-0.15, -0.1) is 0 Å².